The Kier molecular flexibility index (Phi) is 4.07. The van der Waals surface area contributed by atoms with Crippen LogP contribution in [0.5, 0.6) is 0 Å². The molecule has 0 fully saturated rings. The number of rotatable bonds is 2. The van der Waals surface area contributed by atoms with Crippen LogP contribution < -0.4 is 0 Å². The summed E-state index contributed by atoms with van der Waals surface area (Å²) in [5.74, 6) is -0.895. The van der Waals surface area contributed by atoms with Crippen LogP contribution in [0.1, 0.15) is 5.56 Å². The van der Waals surface area contributed by atoms with Gasteiger partial charge in [-0.25, -0.2) is 4.39 Å². The zero-order valence-corrected chi connectivity index (χ0v) is 10.5. The molecule has 0 unspecified atom stereocenters. The van der Waals surface area contributed by atoms with Crippen molar-refractivity contribution in [1.82, 2.24) is 0 Å². The van der Waals surface area contributed by atoms with Crippen molar-refractivity contribution in [2.24, 2.45) is 0 Å². The van der Waals surface area contributed by atoms with Gasteiger partial charge in [0.1, 0.15) is 5.82 Å². The van der Waals surface area contributed by atoms with Crippen molar-refractivity contribution < 1.29 is 13.9 Å². The van der Waals surface area contributed by atoms with Crippen molar-refractivity contribution in [2.75, 3.05) is 7.11 Å². The van der Waals surface area contributed by atoms with E-state index in [1.54, 1.807) is 6.07 Å². The average molecular weight is 326 g/mol. The van der Waals surface area contributed by atoms with E-state index in [4.69, 9.17) is 0 Å². The molecule has 0 heterocycles. The number of methoxy groups -OCH3 is 1. The Hall–Kier alpha value is -0.420. The van der Waals surface area contributed by atoms with Gasteiger partial charge in [0, 0.05) is 14.5 Å². The lowest BCUT2D eigenvalue weighted by atomic mass is 10.1. The van der Waals surface area contributed by atoms with E-state index in [1.165, 1.54) is 13.2 Å². The molecule has 0 saturated heterocycles. The number of carbonyl (C=O) groups excluding carboxylic acids is 1. The number of esters is 1. The molecule has 1 aromatic rings. The van der Waals surface area contributed by atoms with Crippen LogP contribution in [-0.4, -0.2) is 13.1 Å². The molecule has 0 bridgehead atoms. The minimum Gasteiger partial charge on any atom is -0.469 e. The SMILES string of the molecule is COC(=O)Cc1c(F)ccc(Br)c1Br. The first-order valence-electron chi connectivity index (χ1n) is 3.75. The Morgan fingerprint density at radius 3 is 2.71 bits per heavy atom. The molecule has 76 valence electrons. The number of halogens is 3. The van der Waals surface area contributed by atoms with E-state index in [0.717, 1.165) is 0 Å². The van der Waals surface area contributed by atoms with Crippen LogP contribution >= 0.6 is 31.9 Å². The van der Waals surface area contributed by atoms with Gasteiger partial charge in [-0.1, -0.05) is 0 Å². The van der Waals surface area contributed by atoms with Gasteiger partial charge in [-0.2, -0.15) is 0 Å². The highest BCUT2D eigenvalue weighted by Gasteiger charge is 2.13. The van der Waals surface area contributed by atoms with Crippen LogP contribution in [0.25, 0.3) is 0 Å². The van der Waals surface area contributed by atoms with Crippen LogP contribution in [0, 0.1) is 5.82 Å². The second kappa shape index (κ2) is 4.89. The van der Waals surface area contributed by atoms with Gasteiger partial charge in [0.25, 0.3) is 0 Å². The minimum absolute atomic E-state index is 0.0810. The molecule has 0 atom stereocenters. The Labute approximate surface area is 97.7 Å². The number of benzene rings is 1. The molecule has 2 nitrogen and oxygen atoms in total. The molecule has 1 rings (SSSR count). The predicted octanol–water partition coefficient (Wildman–Crippen LogP) is 3.07. The lowest BCUT2D eigenvalue weighted by Gasteiger charge is -2.06. The maximum atomic E-state index is 13.3. The molecule has 1 aromatic carbocycles. The van der Waals surface area contributed by atoms with Gasteiger partial charge in [0.05, 0.1) is 13.5 Å². The summed E-state index contributed by atoms with van der Waals surface area (Å²) in [6.45, 7) is 0. The third-order valence-electron chi connectivity index (χ3n) is 1.69. The van der Waals surface area contributed by atoms with Crippen LogP contribution in [0.2, 0.25) is 0 Å². The molecule has 0 radical (unpaired) electrons. The van der Waals surface area contributed by atoms with Gasteiger partial charge in [0.15, 0.2) is 0 Å². The fourth-order valence-corrected chi connectivity index (χ4v) is 1.78. The predicted molar refractivity (Wildman–Crippen MR) is 57.5 cm³/mol. The molecular weight excluding hydrogens is 319 g/mol. The third-order valence-corrected chi connectivity index (χ3v) is 3.79. The molecule has 0 spiro atoms. The second-order valence-electron chi connectivity index (χ2n) is 2.57. The topological polar surface area (TPSA) is 26.3 Å². The maximum absolute atomic E-state index is 13.3. The quantitative estimate of drug-likeness (QED) is 0.617. The van der Waals surface area contributed by atoms with Gasteiger partial charge < -0.3 is 4.74 Å². The molecule has 0 amide bonds. The highest BCUT2D eigenvalue weighted by molar-refractivity contribution is 9.13. The van der Waals surface area contributed by atoms with Gasteiger partial charge in [-0.15, -0.1) is 0 Å². The number of hydrogen-bond donors (Lipinski definition) is 0. The standard InChI is InChI=1S/C9H7Br2FO2/c1-14-8(13)4-5-7(12)3-2-6(10)9(5)11/h2-3H,4H2,1H3. The van der Waals surface area contributed by atoms with Crippen LogP contribution in [0.15, 0.2) is 21.1 Å². The molecule has 0 saturated carbocycles. The summed E-state index contributed by atoms with van der Waals surface area (Å²) >= 11 is 6.42. The van der Waals surface area contributed by atoms with Crippen molar-refractivity contribution in [3.63, 3.8) is 0 Å². The lowest BCUT2D eigenvalue weighted by molar-refractivity contribution is -0.139. The van der Waals surface area contributed by atoms with Crippen molar-refractivity contribution in [3.8, 4) is 0 Å². The first-order valence-corrected chi connectivity index (χ1v) is 5.34. The third kappa shape index (κ3) is 2.54. The van der Waals surface area contributed by atoms with Gasteiger partial charge in [0.2, 0.25) is 0 Å². The van der Waals surface area contributed by atoms with Crippen LogP contribution in [0.3, 0.4) is 0 Å². The largest absolute Gasteiger partial charge is 0.469 e. The molecule has 0 aliphatic heterocycles. The molecule has 0 aliphatic rings. The second-order valence-corrected chi connectivity index (χ2v) is 4.22. The van der Waals surface area contributed by atoms with Gasteiger partial charge in [-0.05, 0) is 44.0 Å². The zero-order valence-electron chi connectivity index (χ0n) is 7.31. The molecule has 0 aliphatic carbocycles. The van der Waals surface area contributed by atoms with E-state index in [1.807, 2.05) is 0 Å². The minimum atomic E-state index is -0.470. The summed E-state index contributed by atoms with van der Waals surface area (Å²) in [7, 11) is 1.27. The summed E-state index contributed by atoms with van der Waals surface area (Å²) in [5, 5.41) is 0. The number of carbonyl (C=O) groups is 1. The van der Waals surface area contributed by atoms with Crippen molar-refractivity contribution in [1.29, 1.82) is 0 Å². The summed E-state index contributed by atoms with van der Waals surface area (Å²) in [4.78, 5) is 11.0. The fraction of sp³-hybridized carbons (Fsp3) is 0.222. The van der Waals surface area contributed by atoms with Crippen LogP contribution in [-0.2, 0) is 16.0 Å². The Morgan fingerprint density at radius 1 is 1.50 bits per heavy atom. The maximum Gasteiger partial charge on any atom is 0.310 e. The lowest BCUT2D eigenvalue weighted by Crippen LogP contribution is -2.07. The molecule has 0 N–H and O–H groups in total. The average Bonchev–Trinajstić information content (AvgIpc) is 2.18. The monoisotopic (exact) mass is 324 g/mol. The van der Waals surface area contributed by atoms with E-state index in [2.05, 4.69) is 36.6 Å². The zero-order chi connectivity index (χ0) is 10.7. The van der Waals surface area contributed by atoms with Crippen LogP contribution in [0.4, 0.5) is 4.39 Å². The summed E-state index contributed by atoms with van der Waals surface area (Å²) < 4.78 is 19.0. The molecule has 14 heavy (non-hydrogen) atoms. The van der Waals surface area contributed by atoms with E-state index < -0.39 is 11.8 Å². The van der Waals surface area contributed by atoms with E-state index in [0.29, 0.717) is 14.5 Å². The Balaban J connectivity index is 3.06. The fourth-order valence-electron chi connectivity index (χ4n) is 0.948. The summed E-state index contributed by atoms with van der Waals surface area (Å²) in [5.41, 5.74) is 0.297. The highest BCUT2D eigenvalue weighted by Crippen LogP contribution is 2.29. The molecular formula is C9H7Br2FO2. The summed E-state index contributed by atoms with van der Waals surface area (Å²) in [6, 6.07) is 2.87. The first-order chi connectivity index (χ1) is 6.56. The number of ether oxygens (including phenoxy) is 1. The van der Waals surface area contributed by atoms with E-state index >= 15 is 0 Å². The van der Waals surface area contributed by atoms with Crippen molar-refractivity contribution >= 4 is 37.8 Å². The van der Waals surface area contributed by atoms with Crippen molar-refractivity contribution in [2.45, 2.75) is 6.42 Å². The van der Waals surface area contributed by atoms with Gasteiger partial charge in [-0.3, -0.25) is 4.79 Å². The normalized spacial score (nSPS) is 10.0. The smallest absolute Gasteiger partial charge is 0.310 e. The van der Waals surface area contributed by atoms with E-state index in [-0.39, 0.29) is 6.42 Å². The Morgan fingerprint density at radius 2 is 2.14 bits per heavy atom. The first kappa shape index (κ1) is 11.7. The van der Waals surface area contributed by atoms with E-state index in [9.17, 15) is 9.18 Å². The van der Waals surface area contributed by atoms with Gasteiger partial charge >= 0.3 is 5.97 Å². The molecule has 5 heteroatoms. The number of hydrogen-bond acceptors (Lipinski definition) is 2. The summed E-state index contributed by atoms with van der Waals surface area (Å²) in [6.07, 6.45) is -0.0810. The van der Waals surface area contributed by atoms with Crippen molar-refractivity contribution in [3.05, 3.63) is 32.5 Å². The highest BCUT2D eigenvalue weighted by atomic mass is 79.9. The molecule has 0 aromatic heterocycles. The Bertz CT molecular complexity index is 366.